The molecule has 0 aromatic heterocycles. The predicted octanol–water partition coefficient (Wildman–Crippen LogP) is 4.77. The molecule has 2 aromatic carbocycles. The number of anilines is 1. The third kappa shape index (κ3) is 5.30. The van der Waals surface area contributed by atoms with Crippen LogP contribution in [0.15, 0.2) is 48.5 Å². The Morgan fingerprint density at radius 2 is 1.62 bits per heavy atom. The molecule has 1 amide bonds. The highest BCUT2D eigenvalue weighted by atomic mass is 35.5. The maximum absolute atomic E-state index is 12.7. The van der Waals surface area contributed by atoms with Gasteiger partial charge in [0.2, 0.25) is 11.7 Å². The highest BCUT2D eigenvalue weighted by molar-refractivity contribution is 6.31. The van der Waals surface area contributed by atoms with Crippen LogP contribution in [0.5, 0.6) is 0 Å². The molecule has 0 bridgehead atoms. The molecule has 5 nitrogen and oxygen atoms in total. The van der Waals surface area contributed by atoms with E-state index in [2.05, 4.69) is 0 Å². The van der Waals surface area contributed by atoms with Crippen LogP contribution in [0.3, 0.4) is 0 Å². The number of benzene rings is 2. The highest BCUT2D eigenvalue weighted by Crippen LogP contribution is 2.27. The van der Waals surface area contributed by atoms with Crippen LogP contribution in [-0.2, 0) is 14.3 Å². The number of hydrogen-bond acceptors (Lipinski definition) is 4. The molecule has 0 N–H and O–H groups in total. The molecule has 0 radical (unpaired) electrons. The van der Waals surface area contributed by atoms with E-state index in [0.29, 0.717) is 21.3 Å². The lowest BCUT2D eigenvalue weighted by atomic mass is 10.0. The van der Waals surface area contributed by atoms with Crippen molar-refractivity contribution in [2.24, 2.45) is 5.92 Å². The molecule has 1 aliphatic rings. The van der Waals surface area contributed by atoms with Crippen molar-refractivity contribution in [3.8, 4) is 0 Å². The largest absolute Gasteiger partial charge is 0.454 e. The summed E-state index contributed by atoms with van der Waals surface area (Å²) in [4.78, 5) is 39.2. The summed E-state index contributed by atoms with van der Waals surface area (Å²) in [5.41, 5.74) is 1.03. The lowest BCUT2D eigenvalue weighted by molar-refractivity contribution is -0.151. The Balaban J connectivity index is 1.68. The lowest BCUT2D eigenvalue weighted by Crippen LogP contribution is -2.32. The van der Waals surface area contributed by atoms with Gasteiger partial charge in [-0.3, -0.25) is 14.4 Å². The van der Waals surface area contributed by atoms with Crippen LogP contribution >= 0.6 is 34.8 Å². The molecule has 0 unspecified atom stereocenters. The Morgan fingerprint density at radius 3 is 2.21 bits per heavy atom. The van der Waals surface area contributed by atoms with Crippen molar-refractivity contribution in [2.75, 3.05) is 17.3 Å². The third-order valence-corrected chi connectivity index (χ3v) is 5.37. The number of hydrogen-bond donors (Lipinski definition) is 0. The fraction of sp³-hybridized carbons (Fsp3) is 0.286. The van der Waals surface area contributed by atoms with Crippen molar-refractivity contribution in [3.63, 3.8) is 0 Å². The van der Waals surface area contributed by atoms with Crippen molar-refractivity contribution < 1.29 is 19.1 Å². The van der Waals surface area contributed by atoms with Crippen LogP contribution in [0.25, 0.3) is 0 Å². The number of ketones is 1. The van der Waals surface area contributed by atoms with Crippen LogP contribution in [0.2, 0.25) is 10.0 Å². The molecule has 3 rings (SSSR count). The molecular formula is C21H18Cl3NO4. The Bertz CT molecular complexity index is 899. The number of esters is 1. The van der Waals surface area contributed by atoms with Gasteiger partial charge in [-0.1, -0.05) is 23.2 Å². The number of ether oxygens (including phenoxy) is 1. The first-order valence-corrected chi connectivity index (χ1v) is 10.3. The van der Waals surface area contributed by atoms with Gasteiger partial charge in [-0.05, 0) is 48.5 Å². The molecular weight excluding hydrogens is 437 g/mol. The molecule has 2 atom stereocenters. The molecule has 2 aromatic rings. The summed E-state index contributed by atoms with van der Waals surface area (Å²) < 4.78 is 5.47. The number of rotatable bonds is 7. The van der Waals surface area contributed by atoms with E-state index in [1.807, 2.05) is 0 Å². The topological polar surface area (TPSA) is 63.7 Å². The fourth-order valence-corrected chi connectivity index (χ4v) is 3.57. The van der Waals surface area contributed by atoms with Crippen LogP contribution in [0, 0.1) is 5.92 Å². The zero-order chi connectivity index (χ0) is 21.0. The first kappa shape index (κ1) is 21.6. The second-order valence-corrected chi connectivity index (χ2v) is 7.91. The molecule has 0 aliphatic carbocycles. The number of Topliss-reactive ketones (excluding diaryl/α,β-unsaturated/α-hetero) is 1. The zero-order valence-corrected chi connectivity index (χ0v) is 17.6. The standard InChI is InChI=1S/C21H18Cl3NO4/c22-10-9-18(20(27)13-1-3-15(23)4-2-13)29-21(28)14-11-19(26)25(12-14)17-7-5-16(24)6-8-17/h1-8,14,18H,9-12H2/t14-,18+/m1/s1. The van der Waals surface area contributed by atoms with Crippen molar-refractivity contribution in [1.82, 2.24) is 0 Å². The van der Waals surface area contributed by atoms with Gasteiger partial charge in [0, 0.05) is 46.6 Å². The minimum absolute atomic E-state index is 0.0180. The van der Waals surface area contributed by atoms with Crippen LogP contribution in [0.1, 0.15) is 23.2 Å². The minimum atomic E-state index is -1.01. The summed E-state index contributed by atoms with van der Waals surface area (Å²) >= 11 is 17.5. The second kappa shape index (κ2) is 9.61. The van der Waals surface area contributed by atoms with E-state index in [4.69, 9.17) is 39.5 Å². The van der Waals surface area contributed by atoms with E-state index in [0.717, 1.165) is 0 Å². The van der Waals surface area contributed by atoms with E-state index in [9.17, 15) is 14.4 Å². The predicted molar refractivity (Wildman–Crippen MR) is 113 cm³/mol. The van der Waals surface area contributed by atoms with Crippen LogP contribution in [-0.4, -0.2) is 36.2 Å². The van der Waals surface area contributed by atoms with Gasteiger partial charge in [0.1, 0.15) is 0 Å². The second-order valence-electron chi connectivity index (χ2n) is 6.66. The van der Waals surface area contributed by atoms with Crippen molar-refractivity contribution in [3.05, 3.63) is 64.1 Å². The van der Waals surface area contributed by atoms with Gasteiger partial charge in [0.25, 0.3) is 0 Å². The average Bonchev–Trinajstić information content (AvgIpc) is 3.10. The van der Waals surface area contributed by atoms with E-state index in [1.54, 1.807) is 48.5 Å². The molecule has 29 heavy (non-hydrogen) atoms. The quantitative estimate of drug-likeness (QED) is 0.343. The monoisotopic (exact) mass is 453 g/mol. The van der Waals surface area contributed by atoms with E-state index in [1.165, 1.54) is 4.90 Å². The maximum Gasteiger partial charge on any atom is 0.312 e. The summed E-state index contributed by atoms with van der Waals surface area (Å²) in [5, 5.41) is 1.06. The first-order valence-electron chi connectivity index (χ1n) is 9.01. The normalized spacial score (nSPS) is 17.3. The summed E-state index contributed by atoms with van der Waals surface area (Å²) in [6.07, 6.45) is -0.818. The van der Waals surface area contributed by atoms with Crippen molar-refractivity contribution in [2.45, 2.75) is 18.9 Å². The Morgan fingerprint density at radius 1 is 1.03 bits per heavy atom. The summed E-state index contributed by atoms with van der Waals surface area (Å²) in [5.74, 6) is -1.64. The lowest BCUT2D eigenvalue weighted by Gasteiger charge is -2.19. The van der Waals surface area contributed by atoms with Crippen LogP contribution in [0.4, 0.5) is 5.69 Å². The third-order valence-electron chi connectivity index (χ3n) is 4.65. The molecule has 0 saturated carbocycles. The SMILES string of the molecule is O=C(O[C@@H](CCCl)C(=O)c1ccc(Cl)cc1)[C@@H]1CC(=O)N(c2ccc(Cl)cc2)C1. The van der Waals surface area contributed by atoms with Gasteiger partial charge in [0.15, 0.2) is 6.10 Å². The number of amides is 1. The van der Waals surface area contributed by atoms with Gasteiger partial charge >= 0.3 is 5.97 Å². The summed E-state index contributed by atoms with van der Waals surface area (Å²) in [6, 6.07) is 13.1. The molecule has 1 fully saturated rings. The van der Waals surface area contributed by atoms with Crippen LogP contribution < -0.4 is 4.90 Å². The number of carbonyl (C=O) groups is 3. The molecule has 0 spiro atoms. The van der Waals surface area contributed by atoms with Gasteiger partial charge in [-0.15, -0.1) is 11.6 Å². The molecule has 1 heterocycles. The van der Waals surface area contributed by atoms with E-state index in [-0.39, 0.29) is 37.0 Å². The highest BCUT2D eigenvalue weighted by Gasteiger charge is 2.38. The number of alkyl halides is 1. The van der Waals surface area contributed by atoms with E-state index >= 15 is 0 Å². The average molecular weight is 455 g/mol. The molecule has 1 aliphatic heterocycles. The Kier molecular flexibility index (Phi) is 7.17. The molecule has 1 saturated heterocycles. The zero-order valence-electron chi connectivity index (χ0n) is 15.3. The smallest absolute Gasteiger partial charge is 0.312 e. The fourth-order valence-electron chi connectivity index (χ4n) is 3.12. The van der Waals surface area contributed by atoms with Gasteiger partial charge in [-0.25, -0.2) is 0 Å². The summed E-state index contributed by atoms with van der Waals surface area (Å²) in [7, 11) is 0. The molecule has 152 valence electrons. The van der Waals surface area contributed by atoms with Gasteiger partial charge in [-0.2, -0.15) is 0 Å². The van der Waals surface area contributed by atoms with Crippen molar-refractivity contribution >= 4 is 58.1 Å². The summed E-state index contributed by atoms with van der Waals surface area (Å²) in [6.45, 7) is 0.183. The Hall–Kier alpha value is -2.08. The number of carbonyl (C=O) groups excluding carboxylic acids is 3. The maximum atomic E-state index is 12.7. The Labute approximate surface area is 183 Å². The van der Waals surface area contributed by atoms with Crippen molar-refractivity contribution in [1.29, 1.82) is 0 Å². The first-order chi connectivity index (χ1) is 13.9. The van der Waals surface area contributed by atoms with Gasteiger partial charge in [0.05, 0.1) is 5.92 Å². The number of nitrogens with zero attached hydrogens (tertiary/aromatic N) is 1. The van der Waals surface area contributed by atoms with E-state index < -0.39 is 18.0 Å². The molecule has 8 heteroatoms. The van der Waals surface area contributed by atoms with Gasteiger partial charge < -0.3 is 9.64 Å². The minimum Gasteiger partial charge on any atom is -0.454 e. The number of halogens is 3.